The van der Waals surface area contributed by atoms with Gasteiger partial charge >= 0.3 is 0 Å². The number of carbonyl (C=O) groups excluding carboxylic acids is 1. The topological polar surface area (TPSA) is 17.1 Å². The van der Waals surface area contributed by atoms with E-state index in [4.69, 9.17) is 0 Å². The summed E-state index contributed by atoms with van der Waals surface area (Å²) in [7, 11) is 0. The highest BCUT2D eigenvalue weighted by Crippen LogP contribution is 2.27. The van der Waals surface area contributed by atoms with Gasteiger partial charge in [0.05, 0.1) is 0 Å². The maximum atomic E-state index is 9.17. The van der Waals surface area contributed by atoms with E-state index in [0.717, 1.165) is 12.7 Å². The molecule has 0 amide bonds. The Bertz CT molecular complexity index is 547. The Morgan fingerprint density at radius 3 is 2.59 bits per heavy atom. The molecule has 0 radical (unpaired) electrons. The molecule has 2 aromatic rings. The minimum absolute atomic E-state index is 0.639. The van der Waals surface area contributed by atoms with Crippen molar-refractivity contribution < 1.29 is 4.79 Å². The summed E-state index contributed by atoms with van der Waals surface area (Å²) < 4.78 is 0. The minimum atomic E-state index is 0.639. The molecule has 0 unspecified atom stereocenters. The molecule has 1 aliphatic carbocycles. The first-order valence-electron chi connectivity index (χ1n) is 5.97. The third-order valence-electron chi connectivity index (χ3n) is 2.83. The number of aldehydes is 1. The predicted octanol–water partition coefficient (Wildman–Crippen LogP) is 4.00. The molecule has 0 spiro atoms. The standard InChI is InChI=1S/C13H10.C3H6O/c1-4-10-6-2-8-12-9-3-7-11(5-1)13(10)12;1-2-3-4/h1-8H,9H2;3H,2H2,1H3. The summed E-state index contributed by atoms with van der Waals surface area (Å²) in [5.41, 5.74) is 2.81. The van der Waals surface area contributed by atoms with E-state index in [2.05, 4.69) is 48.6 Å². The van der Waals surface area contributed by atoms with E-state index in [1.54, 1.807) is 0 Å². The van der Waals surface area contributed by atoms with Crippen LogP contribution in [0.4, 0.5) is 0 Å². The van der Waals surface area contributed by atoms with Gasteiger partial charge in [0.25, 0.3) is 0 Å². The second kappa shape index (κ2) is 5.44. The predicted molar refractivity (Wildman–Crippen MR) is 73.0 cm³/mol. The Kier molecular flexibility index (Phi) is 3.71. The number of hydrogen-bond acceptors (Lipinski definition) is 1. The molecule has 0 N–H and O–H groups in total. The molecule has 0 aliphatic heterocycles. The van der Waals surface area contributed by atoms with Crippen molar-refractivity contribution in [2.45, 2.75) is 19.8 Å². The van der Waals surface area contributed by atoms with Gasteiger partial charge in [-0.3, -0.25) is 0 Å². The van der Waals surface area contributed by atoms with Crippen molar-refractivity contribution in [2.24, 2.45) is 0 Å². The molecule has 0 bridgehead atoms. The van der Waals surface area contributed by atoms with E-state index in [1.165, 1.54) is 21.9 Å². The van der Waals surface area contributed by atoms with Gasteiger partial charge in [-0.15, -0.1) is 0 Å². The maximum Gasteiger partial charge on any atom is 0.119 e. The lowest BCUT2D eigenvalue weighted by Gasteiger charge is -2.11. The van der Waals surface area contributed by atoms with Gasteiger partial charge in [-0.05, 0) is 28.3 Å². The van der Waals surface area contributed by atoms with Crippen LogP contribution in [0.15, 0.2) is 42.5 Å². The summed E-state index contributed by atoms with van der Waals surface area (Å²) in [6.07, 6.45) is 7.04. The number of carbonyl (C=O) groups is 1. The Labute approximate surface area is 102 Å². The van der Waals surface area contributed by atoms with Gasteiger partial charge in [-0.25, -0.2) is 0 Å². The average molecular weight is 224 g/mol. The van der Waals surface area contributed by atoms with Crippen molar-refractivity contribution in [2.75, 3.05) is 0 Å². The first-order valence-corrected chi connectivity index (χ1v) is 5.97. The number of allylic oxidation sites excluding steroid dienone is 1. The summed E-state index contributed by atoms with van der Waals surface area (Å²) in [6.45, 7) is 1.81. The molecule has 2 aromatic carbocycles. The molecule has 0 saturated carbocycles. The number of benzene rings is 2. The molecule has 0 aromatic heterocycles. The zero-order chi connectivity index (χ0) is 12.1. The smallest absolute Gasteiger partial charge is 0.119 e. The van der Waals surface area contributed by atoms with Crippen LogP contribution in [0.5, 0.6) is 0 Å². The van der Waals surface area contributed by atoms with Crippen molar-refractivity contribution in [1.82, 2.24) is 0 Å². The molecule has 1 heteroatoms. The second-order valence-electron chi connectivity index (χ2n) is 4.04. The summed E-state index contributed by atoms with van der Waals surface area (Å²) in [6, 6.07) is 13.0. The molecule has 0 heterocycles. The van der Waals surface area contributed by atoms with E-state index in [-0.39, 0.29) is 0 Å². The first kappa shape index (κ1) is 11.6. The third kappa shape index (κ3) is 2.44. The largest absolute Gasteiger partial charge is 0.303 e. The quantitative estimate of drug-likeness (QED) is 0.669. The molecule has 1 nitrogen and oxygen atoms in total. The van der Waals surface area contributed by atoms with Gasteiger partial charge in [-0.2, -0.15) is 0 Å². The van der Waals surface area contributed by atoms with Gasteiger partial charge in [0.2, 0.25) is 0 Å². The molecule has 3 rings (SSSR count). The van der Waals surface area contributed by atoms with Crippen LogP contribution < -0.4 is 0 Å². The fraction of sp³-hybridized carbons (Fsp3) is 0.188. The van der Waals surface area contributed by atoms with Crippen LogP contribution in [0.25, 0.3) is 16.8 Å². The van der Waals surface area contributed by atoms with Crippen LogP contribution >= 0.6 is 0 Å². The zero-order valence-electron chi connectivity index (χ0n) is 10.0. The van der Waals surface area contributed by atoms with Gasteiger partial charge in [0.1, 0.15) is 6.29 Å². The van der Waals surface area contributed by atoms with Crippen LogP contribution in [0, 0.1) is 0 Å². The monoisotopic (exact) mass is 224 g/mol. The van der Waals surface area contributed by atoms with Crippen molar-refractivity contribution in [1.29, 1.82) is 0 Å². The minimum Gasteiger partial charge on any atom is -0.303 e. The number of hydrogen-bond donors (Lipinski definition) is 0. The highest BCUT2D eigenvalue weighted by Gasteiger charge is 2.06. The lowest BCUT2D eigenvalue weighted by atomic mass is 9.93. The van der Waals surface area contributed by atoms with Gasteiger partial charge in [-0.1, -0.05) is 55.5 Å². The van der Waals surface area contributed by atoms with Crippen molar-refractivity contribution in [3.8, 4) is 0 Å². The Hall–Kier alpha value is -1.89. The average Bonchev–Trinajstić information content (AvgIpc) is 2.40. The zero-order valence-corrected chi connectivity index (χ0v) is 10.0. The Balaban J connectivity index is 0.000000239. The van der Waals surface area contributed by atoms with Gasteiger partial charge in [0.15, 0.2) is 0 Å². The first-order chi connectivity index (χ1) is 8.36. The van der Waals surface area contributed by atoms with Gasteiger partial charge in [0, 0.05) is 6.42 Å². The molecular formula is C16H16O. The van der Waals surface area contributed by atoms with Crippen LogP contribution in [-0.2, 0) is 11.2 Å². The van der Waals surface area contributed by atoms with Crippen LogP contribution in [0.1, 0.15) is 24.5 Å². The van der Waals surface area contributed by atoms with Crippen LogP contribution in [-0.4, -0.2) is 6.29 Å². The lowest BCUT2D eigenvalue weighted by Crippen LogP contribution is -1.91. The fourth-order valence-electron chi connectivity index (χ4n) is 2.07. The Morgan fingerprint density at radius 2 is 1.88 bits per heavy atom. The molecule has 0 saturated heterocycles. The van der Waals surface area contributed by atoms with E-state index in [9.17, 15) is 4.79 Å². The highest BCUT2D eigenvalue weighted by atomic mass is 16.1. The van der Waals surface area contributed by atoms with E-state index < -0.39 is 0 Å². The van der Waals surface area contributed by atoms with Gasteiger partial charge < -0.3 is 4.79 Å². The maximum absolute atomic E-state index is 9.17. The molecule has 17 heavy (non-hydrogen) atoms. The number of rotatable bonds is 1. The third-order valence-corrected chi connectivity index (χ3v) is 2.83. The summed E-state index contributed by atoms with van der Waals surface area (Å²) in [5, 5.41) is 2.80. The van der Waals surface area contributed by atoms with Crippen molar-refractivity contribution in [3.05, 3.63) is 53.6 Å². The lowest BCUT2D eigenvalue weighted by molar-refractivity contribution is -0.107. The molecule has 1 aliphatic rings. The summed E-state index contributed by atoms with van der Waals surface area (Å²) in [4.78, 5) is 9.17. The fourth-order valence-corrected chi connectivity index (χ4v) is 2.07. The van der Waals surface area contributed by atoms with E-state index >= 15 is 0 Å². The molecular weight excluding hydrogens is 208 g/mol. The van der Waals surface area contributed by atoms with Crippen molar-refractivity contribution >= 4 is 23.1 Å². The summed E-state index contributed by atoms with van der Waals surface area (Å²) in [5.74, 6) is 0. The van der Waals surface area contributed by atoms with Crippen molar-refractivity contribution in [3.63, 3.8) is 0 Å². The van der Waals surface area contributed by atoms with Crippen LogP contribution in [0.3, 0.4) is 0 Å². The SMILES string of the molecule is C1=Cc2cccc3cccc(c23)C1.CCC=O. The molecule has 86 valence electrons. The normalized spacial score (nSPS) is 11.8. The van der Waals surface area contributed by atoms with Crippen LogP contribution in [0.2, 0.25) is 0 Å². The molecule has 0 fully saturated rings. The molecule has 0 atom stereocenters. The highest BCUT2D eigenvalue weighted by molar-refractivity contribution is 5.94. The van der Waals surface area contributed by atoms with E-state index in [0.29, 0.717) is 6.42 Å². The second-order valence-corrected chi connectivity index (χ2v) is 4.04. The Morgan fingerprint density at radius 1 is 1.18 bits per heavy atom. The van der Waals surface area contributed by atoms with E-state index in [1.807, 2.05) is 6.92 Å². The summed E-state index contributed by atoms with van der Waals surface area (Å²) >= 11 is 0.